The van der Waals surface area contributed by atoms with E-state index >= 15 is 0 Å². The normalized spacial score (nSPS) is 16.1. The number of amides is 1. The molecule has 6 heteroatoms. The Bertz CT molecular complexity index is 1060. The number of fused-ring (bicyclic) bond motifs is 2. The second-order valence-electron chi connectivity index (χ2n) is 6.78. The highest BCUT2D eigenvalue weighted by Gasteiger charge is 2.21. The van der Waals surface area contributed by atoms with E-state index in [-0.39, 0.29) is 23.3 Å². The largest absolute Gasteiger partial charge is 0.349 e. The monoisotopic (exact) mass is 379 g/mol. The summed E-state index contributed by atoms with van der Waals surface area (Å²) in [6, 6.07) is 15.6. The maximum atomic E-state index is 12.5. The van der Waals surface area contributed by atoms with E-state index in [0.717, 1.165) is 19.3 Å². The molecule has 0 saturated heterocycles. The van der Waals surface area contributed by atoms with Gasteiger partial charge in [-0.1, -0.05) is 48.2 Å². The molecule has 5 nitrogen and oxygen atoms in total. The van der Waals surface area contributed by atoms with Crippen molar-refractivity contribution in [1.29, 1.82) is 0 Å². The van der Waals surface area contributed by atoms with E-state index in [4.69, 9.17) is 0 Å². The quantitative estimate of drug-likeness (QED) is 0.558. The first-order chi connectivity index (χ1) is 13.1. The summed E-state index contributed by atoms with van der Waals surface area (Å²) in [5.74, 6) is 0.196. The second-order valence-corrected chi connectivity index (χ2v) is 7.72. The molecule has 0 spiro atoms. The van der Waals surface area contributed by atoms with Gasteiger partial charge in [-0.05, 0) is 42.5 Å². The van der Waals surface area contributed by atoms with E-state index in [0.29, 0.717) is 16.1 Å². The summed E-state index contributed by atoms with van der Waals surface area (Å²) in [7, 11) is 1.69. The maximum absolute atomic E-state index is 12.5. The Morgan fingerprint density at radius 1 is 1.22 bits per heavy atom. The van der Waals surface area contributed by atoms with Gasteiger partial charge in [-0.3, -0.25) is 14.2 Å². The fraction of sp³-hybridized carbons (Fsp3) is 0.286. The van der Waals surface area contributed by atoms with Crippen LogP contribution in [-0.4, -0.2) is 21.2 Å². The molecule has 0 unspecified atom stereocenters. The number of nitrogens with zero attached hydrogens (tertiary/aromatic N) is 2. The fourth-order valence-corrected chi connectivity index (χ4v) is 4.38. The third-order valence-electron chi connectivity index (χ3n) is 4.98. The predicted octanol–water partition coefficient (Wildman–Crippen LogP) is 3.22. The molecule has 1 aromatic heterocycles. The van der Waals surface area contributed by atoms with Crippen molar-refractivity contribution in [1.82, 2.24) is 14.9 Å². The molecule has 27 heavy (non-hydrogen) atoms. The Kier molecular flexibility index (Phi) is 4.99. The standard InChI is InChI=1S/C21H21N3O2S/c1-24-20(26)16-10-4-5-11-18(16)23-21(24)27-13-19(25)22-17-12-6-8-14-7-2-3-9-15(14)17/h2-5,7,9-11,17H,6,8,12-13H2,1H3,(H,22,25)/t17-/m0/s1. The van der Waals surface area contributed by atoms with Gasteiger partial charge in [0.1, 0.15) is 0 Å². The van der Waals surface area contributed by atoms with Crippen molar-refractivity contribution in [3.63, 3.8) is 0 Å². The Morgan fingerprint density at radius 2 is 2.00 bits per heavy atom. The molecule has 138 valence electrons. The zero-order valence-electron chi connectivity index (χ0n) is 15.1. The van der Waals surface area contributed by atoms with Crippen LogP contribution >= 0.6 is 11.8 Å². The van der Waals surface area contributed by atoms with Crippen molar-refractivity contribution in [2.24, 2.45) is 7.05 Å². The van der Waals surface area contributed by atoms with Crippen LogP contribution in [0.15, 0.2) is 58.5 Å². The molecule has 0 bridgehead atoms. The number of aromatic nitrogens is 2. The number of hydrogen-bond donors (Lipinski definition) is 1. The van der Waals surface area contributed by atoms with E-state index in [9.17, 15) is 9.59 Å². The van der Waals surface area contributed by atoms with Gasteiger partial charge in [-0.15, -0.1) is 0 Å². The van der Waals surface area contributed by atoms with Gasteiger partial charge in [0.15, 0.2) is 5.16 Å². The summed E-state index contributed by atoms with van der Waals surface area (Å²) in [6.45, 7) is 0. The number of rotatable bonds is 4. The molecule has 1 aliphatic carbocycles. The molecule has 0 fully saturated rings. The first-order valence-corrected chi connectivity index (χ1v) is 10.1. The number of thioether (sulfide) groups is 1. The molecule has 0 saturated carbocycles. The van der Waals surface area contributed by atoms with Crippen molar-refractivity contribution < 1.29 is 4.79 Å². The number of nitrogens with one attached hydrogen (secondary N) is 1. The maximum Gasteiger partial charge on any atom is 0.261 e. The molecule has 1 heterocycles. The number of carbonyl (C=O) groups excluding carboxylic acids is 1. The summed E-state index contributed by atoms with van der Waals surface area (Å²) in [5, 5.41) is 4.29. The van der Waals surface area contributed by atoms with Gasteiger partial charge in [0.05, 0.1) is 22.7 Å². The van der Waals surface area contributed by atoms with E-state index in [1.807, 2.05) is 30.3 Å². The minimum Gasteiger partial charge on any atom is -0.349 e. The molecule has 1 N–H and O–H groups in total. The van der Waals surface area contributed by atoms with E-state index < -0.39 is 0 Å². The van der Waals surface area contributed by atoms with Crippen molar-refractivity contribution >= 4 is 28.6 Å². The smallest absolute Gasteiger partial charge is 0.261 e. The minimum absolute atomic E-state index is 0.0379. The number of hydrogen-bond acceptors (Lipinski definition) is 4. The Morgan fingerprint density at radius 3 is 2.89 bits per heavy atom. The van der Waals surface area contributed by atoms with E-state index in [2.05, 4.69) is 22.4 Å². The average Bonchev–Trinajstić information content (AvgIpc) is 2.70. The summed E-state index contributed by atoms with van der Waals surface area (Å²) >= 11 is 1.29. The van der Waals surface area contributed by atoms with Gasteiger partial charge in [0, 0.05) is 7.05 Å². The van der Waals surface area contributed by atoms with Gasteiger partial charge in [-0.2, -0.15) is 0 Å². The lowest BCUT2D eigenvalue weighted by atomic mass is 9.88. The summed E-state index contributed by atoms with van der Waals surface area (Å²) in [5.41, 5.74) is 3.10. The van der Waals surface area contributed by atoms with Crippen molar-refractivity contribution in [3.05, 3.63) is 70.0 Å². The van der Waals surface area contributed by atoms with Crippen molar-refractivity contribution in [2.45, 2.75) is 30.5 Å². The summed E-state index contributed by atoms with van der Waals surface area (Å²) in [4.78, 5) is 29.5. The van der Waals surface area contributed by atoms with E-state index in [1.54, 1.807) is 13.1 Å². The zero-order chi connectivity index (χ0) is 18.8. The van der Waals surface area contributed by atoms with Crippen LogP contribution < -0.4 is 10.9 Å². The van der Waals surface area contributed by atoms with Crippen LogP contribution in [0.2, 0.25) is 0 Å². The van der Waals surface area contributed by atoms with Gasteiger partial charge < -0.3 is 5.32 Å². The number of aryl methyl sites for hydroxylation is 1. The zero-order valence-corrected chi connectivity index (χ0v) is 16.0. The third kappa shape index (κ3) is 3.62. The molecule has 0 aliphatic heterocycles. The van der Waals surface area contributed by atoms with Crippen molar-refractivity contribution in [3.8, 4) is 0 Å². The van der Waals surface area contributed by atoms with Crippen LogP contribution in [-0.2, 0) is 18.3 Å². The Hall–Kier alpha value is -2.60. The highest BCUT2D eigenvalue weighted by molar-refractivity contribution is 7.99. The molecule has 2 aromatic carbocycles. The summed E-state index contributed by atoms with van der Waals surface area (Å²) in [6.07, 6.45) is 3.11. The van der Waals surface area contributed by atoms with Crippen molar-refractivity contribution in [2.75, 3.05) is 5.75 Å². The molecule has 1 aliphatic rings. The van der Waals surface area contributed by atoms with Crippen LogP contribution in [0, 0.1) is 0 Å². The molecule has 3 aromatic rings. The lowest BCUT2D eigenvalue weighted by molar-refractivity contribution is -0.119. The van der Waals surface area contributed by atoms with Crippen LogP contribution in [0.4, 0.5) is 0 Å². The Balaban J connectivity index is 1.47. The van der Waals surface area contributed by atoms with Gasteiger partial charge in [0.25, 0.3) is 5.56 Å². The van der Waals surface area contributed by atoms with Crippen LogP contribution in [0.5, 0.6) is 0 Å². The second kappa shape index (κ2) is 7.56. The molecule has 0 radical (unpaired) electrons. The number of carbonyl (C=O) groups is 1. The first kappa shape index (κ1) is 17.8. The molecular weight excluding hydrogens is 358 g/mol. The fourth-order valence-electron chi connectivity index (χ4n) is 3.60. The molecule has 4 rings (SSSR count). The van der Waals surface area contributed by atoms with Gasteiger partial charge >= 0.3 is 0 Å². The number of para-hydroxylation sites is 1. The lowest BCUT2D eigenvalue weighted by Crippen LogP contribution is -2.32. The van der Waals surface area contributed by atoms with Crippen LogP contribution in [0.1, 0.15) is 30.0 Å². The van der Waals surface area contributed by atoms with Gasteiger partial charge in [-0.25, -0.2) is 4.98 Å². The molecule has 1 atom stereocenters. The number of benzene rings is 2. The predicted molar refractivity (Wildman–Crippen MR) is 108 cm³/mol. The minimum atomic E-state index is -0.0929. The summed E-state index contributed by atoms with van der Waals surface area (Å²) < 4.78 is 1.51. The van der Waals surface area contributed by atoms with Gasteiger partial charge in [0.2, 0.25) is 5.91 Å². The Labute approximate surface area is 161 Å². The lowest BCUT2D eigenvalue weighted by Gasteiger charge is -2.26. The SMILES string of the molecule is Cn1c(SCC(=O)N[C@H]2CCCc3ccccc32)nc2ccccc2c1=O. The highest BCUT2D eigenvalue weighted by atomic mass is 32.2. The molecular formula is C21H21N3O2S. The average molecular weight is 379 g/mol. The third-order valence-corrected chi connectivity index (χ3v) is 6.01. The topological polar surface area (TPSA) is 64.0 Å². The molecule has 1 amide bonds. The van der Waals surface area contributed by atoms with Crippen LogP contribution in [0.25, 0.3) is 10.9 Å². The van der Waals surface area contributed by atoms with Crippen LogP contribution in [0.3, 0.4) is 0 Å². The first-order valence-electron chi connectivity index (χ1n) is 9.09. The van der Waals surface area contributed by atoms with E-state index in [1.165, 1.54) is 27.5 Å². The highest BCUT2D eigenvalue weighted by Crippen LogP contribution is 2.29.